The predicted octanol–water partition coefficient (Wildman–Crippen LogP) is 2.93. The van der Waals surface area contributed by atoms with Gasteiger partial charge in [-0.3, -0.25) is 0 Å². The molecule has 2 rings (SSSR count). The molecular formula is C11H12Np-2. The van der Waals surface area contributed by atoms with Gasteiger partial charge in [-0.05, 0) is 0 Å². The summed E-state index contributed by atoms with van der Waals surface area (Å²) in [5.74, 6) is 0.933. The average molecular weight is 381 g/mol. The molecule has 1 aliphatic rings. The Morgan fingerprint density at radius 2 is 1.42 bits per heavy atom. The van der Waals surface area contributed by atoms with Gasteiger partial charge in [0.25, 0.3) is 0 Å². The third-order valence-electron chi connectivity index (χ3n) is 2.44. The molecular weight excluding hydrogens is 369 g/mol. The van der Waals surface area contributed by atoms with E-state index < -0.39 is 0 Å². The van der Waals surface area contributed by atoms with Gasteiger partial charge in [-0.15, -0.1) is 11.8 Å². The minimum Gasteiger partial charge on any atom is -0.336 e. The zero-order valence-corrected chi connectivity index (χ0v) is 10.8. The maximum Gasteiger partial charge on any atom is 0 e. The summed E-state index contributed by atoms with van der Waals surface area (Å²) in [7, 11) is 0. The Hall–Kier alpha value is 0.233. The zero-order chi connectivity index (χ0) is 7.84. The monoisotopic (exact) mass is 380 g/mol. The third-order valence-corrected chi connectivity index (χ3v) is 2.44. The summed E-state index contributed by atoms with van der Waals surface area (Å²) in [6.07, 6.45) is 1.11. The molecule has 1 aromatic rings. The van der Waals surface area contributed by atoms with E-state index in [1.165, 1.54) is 11.1 Å². The van der Waals surface area contributed by atoms with Crippen molar-refractivity contribution in [3.63, 3.8) is 0 Å². The molecule has 2 unspecified atom stereocenters. The zero-order valence-electron chi connectivity index (χ0n) is 7.03. The fourth-order valence-corrected chi connectivity index (χ4v) is 1.85. The van der Waals surface area contributed by atoms with Gasteiger partial charge in [0.05, 0.1) is 0 Å². The van der Waals surface area contributed by atoms with E-state index in [1.807, 2.05) is 0 Å². The Morgan fingerprint density at radius 3 is 1.83 bits per heavy atom. The Bertz CT molecular complexity index is 240. The van der Waals surface area contributed by atoms with Crippen LogP contribution in [0.1, 0.15) is 29.4 Å². The van der Waals surface area contributed by atoms with Crippen LogP contribution >= 0.6 is 0 Å². The van der Waals surface area contributed by atoms with Gasteiger partial charge in [0.15, 0.2) is 0 Å². The molecule has 0 bridgehead atoms. The number of hydrogen-bond acceptors (Lipinski definition) is 0. The summed E-state index contributed by atoms with van der Waals surface area (Å²) in [6, 6.07) is 8.49. The van der Waals surface area contributed by atoms with Gasteiger partial charge in [-0.1, -0.05) is 41.8 Å². The van der Waals surface area contributed by atoms with Crippen LogP contribution < -0.4 is 0 Å². The molecule has 63 valence electrons. The van der Waals surface area contributed by atoms with Crippen LogP contribution in [0.3, 0.4) is 0 Å². The van der Waals surface area contributed by atoms with Gasteiger partial charge in [-0.25, -0.2) is 0 Å². The van der Waals surface area contributed by atoms with Crippen LogP contribution in [-0.2, 0) is 0 Å². The first-order valence-electron chi connectivity index (χ1n) is 4.04. The molecule has 1 radical (unpaired) electrons. The van der Waals surface area contributed by atoms with E-state index in [4.69, 9.17) is 0 Å². The van der Waals surface area contributed by atoms with Crippen LogP contribution in [0.4, 0.5) is 0 Å². The topological polar surface area (TPSA) is 0 Å². The quantitative estimate of drug-likeness (QED) is 0.607. The van der Waals surface area contributed by atoms with Crippen LogP contribution in [0.25, 0.3) is 0 Å². The van der Waals surface area contributed by atoms with Crippen molar-refractivity contribution in [1.29, 1.82) is 0 Å². The van der Waals surface area contributed by atoms with Gasteiger partial charge in [0.2, 0.25) is 0 Å². The molecule has 0 aliphatic heterocycles. The standard InChI is InChI=1S/C11H12.Np/c1-8-7-9(2)11-6-4-3-5-10(8)11;/h3-6,8-9H,1-2,7H2;/q-2;. The fourth-order valence-electron chi connectivity index (χ4n) is 1.85. The predicted molar refractivity (Wildman–Crippen MR) is 47.3 cm³/mol. The van der Waals surface area contributed by atoms with E-state index in [1.54, 1.807) is 0 Å². The summed E-state index contributed by atoms with van der Waals surface area (Å²) < 4.78 is 0. The number of rotatable bonds is 0. The van der Waals surface area contributed by atoms with Crippen molar-refractivity contribution in [3.8, 4) is 0 Å². The first-order valence-corrected chi connectivity index (χ1v) is 4.04. The second-order valence-electron chi connectivity index (χ2n) is 3.26. The number of benzene rings is 1. The summed E-state index contributed by atoms with van der Waals surface area (Å²) in [5, 5.41) is 0. The molecule has 2 atom stereocenters. The van der Waals surface area contributed by atoms with E-state index in [9.17, 15) is 0 Å². The van der Waals surface area contributed by atoms with Crippen LogP contribution in [0.2, 0.25) is 0 Å². The van der Waals surface area contributed by atoms with Crippen LogP contribution in [0.15, 0.2) is 24.3 Å². The fraction of sp³-hybridized carbons (Fsp3) is 0.273. The van der Waals surface area contributed by atoms with Crippen molar-refractivity contribution in [2.45, 2.75) is 18.3 Å². The summed E-state index contributed by atoms with van der Waals surface area (Å²) in [5.41, 5.74) is 2.79. The van der Waals surface area contributed by atoms with E-state index in [2.05, 4.69) is 38.1 Å². The molecule has 12 heavy (non-hydrogen) atoms. The molecule has 1 aromatic carbocycles. The summed E-state index contributed by atoms with van der Waals surface area (Å²) >= 11 is 0. The molecule has 0 aromatic heterocycles. The molecule has 0 saturated heterocycles. The number of hydrogen-bond donors (Lipinski definition) is 0. The molecule has 0 heterocycles. The largest absolute Gasteiger partial charge is 0.336 e. The maximum absolute atomic E-state index is 4.09. The van der Waals surface area contributed by atoms with Crippen LogP contribution in [-0.4, -0.2) is 0 Å². The molecule has 1 heteroatoms. The minimum atomic E-state index is 0. The van der Waals surface area contributed by atoms with E-state index >= 15 is 0 Å². The van der Waals surface area contributed by atoms with Crippen molar-refractivity contribution in [1.82, 2.24) is 0 Å². The first-order chi connectivity index (χ1) is 5.29. The molecule has 0 spiro atoms. The van der Waals surface area contributed by atoms with Gasteiger partial charge in [0, 0.05) is 29.9 Å². The third kappa shape index (κ3) is 1.62. The van der Waals surface area contributed by atoms with Crippen molar-refractivity contribution in [3.05, 3.63) is 49.2 Å². The summed E-state index contributed by atoms with van der Waals surface area (Å²) in [6.45, 7) is 8.18. The van der Waals surface area contributed by atoms with E-state index in [-0.39, 0.29) is 29.9 Å². The van der Waals surface area contributed by atoms with Gasteiger partial charge < -0.3 is 13.8 Å². The van der Waals surface area contributed by atoms with Crippen molar-refractivity contribution in [2.24, 2.45) is 0 Å². The smallest absolute Gasteiger partial charge is 0 e. The maximum atomic E-state index is 4.09. The number of fused-ring (bicyclic) bond motifs is 1. The van der Waals surface area contributed by atoms with E-state index in [0.29, 0.717) is 11.8 Å². The SMILES string of the molecule is [CH2-]C1CC([CH2-])c2ccccc21.[Np]. The van der Waals surface area contributed by atoms with Crippen molar-refractivity contribution in [2.75, 3.05) is 0 Å². The normalized spacial score (nSPS) is 26.2. The Balaban J connectivity index is 0.000000720. The average Bonchev–Trinajstić information content (AvgIpc) is 2.30. The van der Waals surface area contributed by atoms with Crippen molar-refractivity contribution < 1.29 is 29.9 Å². The molecule has 0 fully saturated rings. The Labute approximate surface area is 97.0 Å². The molecule has 0 saturated carbocycles. The van der Waals surface area contributed by atoms with Gasteiger partial charge >= 0.3 is 0 Å². The Kier molecular flexibility index (Phi) is 3.40. The van der Waals surface area contributed by atoms with Gasteiger partial charge in [-0.2, -0.15) is 0 Å². The van der Waals surface area contributed by atoms with Crippen LogP contribution in [0.5, 0.6) is 0 Å². The minimum absolute atomic E-state index is 0. The molecule has 0 amide bonds. The summed E-state index contributed by atoms with van der Waals surface area (Å²) in [4.78, 5) is 0. The van der Waals surface area contributed by atoms with Crippen LogP contribution in [0, 0.1) is 43.8 Å². The molecule has 0 nitrogen and oxygen atoms in total. The van der Waals surface area contributed by atoms with E-state index in [0.717, 1.165) is 6.42 Å². The second-order valence-corrected chi connectivity index (χ2v) is 3.26. The molecule has 0 N–H and O–H groups in total. The van der Waals surface area contributed by atoms with Gasteiger partial charge in [0.1, 0.15) is 0 Å². The molecule has 1 aliphatic carbocycles. The van der Waals surface area contributed by atoms with Crippen molar-refractivity contribution >= 4 is 0 Å². The Morgan fingerprint density at radius 1 is 1.00 bits per heavy atom. The first kappa shape index (κ1) is 10.3. The second kappa shape index (κ2) is 3.96.